The molecule has 2 heterocycles. The SMILES string of the molecule is O=Cc1ccc(N2CCCCC2)[se]1. The number of carbonyl (C=O) groups is 1. The van der Waals surface area contributed by atoms with Crippen LogP contribution in [-0.2, 0) is 0 Å². The first-order valence-electron chi connectivity index (χ1n) is 4.70. The number of nitrogens with zero attached hydrogens (tertiary/aromatic N) is 1. The molecule has 1 aromatic heterocycles. The van der Waals surface area contributed by atoms with Gasteiger partial charge in [0.05, 0.1) is 0 Å². The van der Waals surface area contributed by atoms with Crippen LogP contribution in [0.4, 0.5) is 4.56 Å². The van der Waals surface area contributed by atoms with E-state index < -0.39 is 0 Å². The van der Waals surface area contributed by atoms with Crippen molar-refractivity contribution in [1.29, 1.82) is 0 Å². The van der Waals surface area contributed by atoms with E-state index in [0.29, 0.717) is 14.5 Å². The van der Waals surface area contributed by atoms with Gasteiger partial charge >= 0.3 is 84.0 Å². The van der Waals surface area contributed by atoms with Gasteiger partial charge in [-0.3, -0.25) is 0 Å². The number of anilines is 1. The third-order valence-electron chi connectivity index (χ3n) is 2.40. The van der Waals surface area contributed by atoms with Gasteiger partial charge in [-0.05, 0) is 0 Å². The third kappa shape index (κ3) is 2.04. The van der Waals surface area contributed by atoms with Gasteiger partial charge in [0.25, 0.3) is 0 Å². The molecule has 2 rings (SSSR count). The third-order valence-corrected chi connectivity index (χ3v) is 4.64. The Balaban J connectivity index is 2.09. The molecule has 1 saturated heterocycles. The molecule has 0 aromatic carbocycles. The van der Waals surface area contributed by atoms with Gasteiger partial charge in [0, 0.05) is 0 Å². The van der Waals surface area contributed by atoms with E-state index in [-0.39, 0.29) is 0 Å². The molecule has 0 N–H and O–H groups in total. The summed E-state index contributed by atoms with van der Waals surface area (Å²) in [5, 5.41) is 0. The van der Waals surface area contributed by atoms with Gasteiger partial charge in [-0.2, -0.15) is 0 Å². The second kappa shape index (κ2) is 4.12. The summed E-state index contributed by atoms with van der Waals surface area (Å²) >= 11 is 0.291. The molecule has 0 aliphatic carbocycles. The predicted octanol–water partition coefficient (Wildman–Crippen LogP) is 1.55. The minimum atomic E-state index is 0.291. The van der Waals surface area contributed by atoms with E-state index in [0.717, 1.165) is 10.7 Å². The van der Waals surface area contributed by atoms with Crippen molar-refractivity contribution in [3.63, 3.8) is 0 Å². The number of hydrogen-bond acceptors (Lipinski definition) is 2. The van der Waals surface area contributed by atoms with Crippen molar-refractivity contribution in [1.82, 2.24) is 0 Å². The number of hydrogen-bond donors (Lipinski definition) is 0. The van der Waals surface area contributed by atoms with Gasteiger partial charge in [-0.1, -0.05) is 0 Å². The Hall–Kier alpha value is -0.531. The normalized spacial score (nSPS) is 17.4. The summed E-state index contributed by atoms with van der Waals surface area (Å²) in [6, 6.07) is 4.09. The molecular formula is C10H13NOSe. The fourth-order valence-corrected chi connectivity index (χ4v) is 3.52. The van der Waals surface area contributed by atoms with E-state index in [1.165, 1.54) is 36.9 Å². The van der Waals surface area contributed by atoms with Gasteiger partial charge in [-0.15, -0.1) is 0 Å². The zero-order valence-electron chi connectivity index (χ0n) is 7.53. The van der Waals surface area contributed by atoms with E-state index in [2.05, 4.69) is 11.0 Å². The topological polar surface area (TPSA) is 20.3 Å². The van der Waals surface area contributed by atoms with Gasteiger partial charge in [-0.25, -0.2) is 0 Å². The van der Waals surface area contributed by atoms with Crippen molar-refractivity contribution in [3.05, 3.63) is 16.6 Å². The van der Waals surface area contributed by atoms with Crippen LogP contribution in [0.5, 0.6) is 0 Å². The number of aldehydes is 1. The second-order valence-electron chi connectivity index (χ2n) is 3.34. The minimum absolute atomic E-state index is 0.291. The van der Waals surface area contributed by atoms with Crippen LogP contribution in [0.3, 0.4) is 0 Å². The van der Waals surface area contributed by atoms with Crippen LogP contribution >= 0.6 is 0 Å². The van der Waals surface area contributed by atoms with Crippen LogP contribution in [0.25, 0.3) is 0 Å². The maximum absolute atomic E-state index is 10.5. The Kier molecular flexibility index (Phi) is 2.87. The molecule has 0 saturated carbocycles. The standard InChI is InChI=1S/C10H13NOSe/c12-8-9-4-5-10(13-9)11-6-2-1-3-7-11/h4-5,8H,1-3,6-7H2. The fourth-order valence-electron chi connectivity index (χ4n) is 1.69. The van der Waals surface area contributed by atoms with Crippen molar-refractivity contribution in [2.24, 2.45) is 0 Å². The first kappa shape index (κ1) is 9.04. The van der Waals surface area contributed by atoms with Crippen molar-refractivity contribution in [3.8, 4) is 0 Å². The Labute approximate surface area is 84.3 Å². The number of piperidine rings is 1. The Morgan fingerprint density at radius 1 is 1.23 bits per heavy atom. The summed E-state index contributed by atoms with van der Waals surface area (Å²) in [4.78, 5) is 13.0. The van der Waals surface area contributed by atoms with Crippen molar-refractivity contribution in [2.75, 3.05) is 18.0 Å². The molecule has 1 aliphatic rings. The van der Waals surface area contributed by atoms with E-state index in [1.807, 2.05) is 6.07 Å². The summed E-state index contributed by atoms with van der Waals surface area (Å²) in [5.74, 6) is 0. The van der Waals surface area contributed by atoms with Crippen LogP contribution < -0.4 is 4.90 Å². The zero-order valence-corrected chi connectivity index (χ0v) is 9.24. The van der Waals surface area contributed by atoms with Crippen LogP contribution in [0.1, 0.15) is 28.5 Å². The molecule has 3 heteroatoms. The van der Waals surface area contributed by atoms with Gasteiger partial charge in [0.15, 0.2) is 0 Å². The molecule has 0 spiro atoms. The molecule has 0 bridgehead atoms. The second-order valence-corrected chi connectivity index (χ2v) is 5.64. The molecule has 1 aromatic rings. The molecule has 13 heavy (non-hydrogen) atoms. The predicted molar refractivity (Wildman–Crippen MR) is 54.8 cm³/mol. The molecule has 1 fully saturated rings. The molecule has 2 nitrogen and oxygen atoms in total. The molecule has 0 unspecified atom stereocenters. The molecule has 1 aliphatic heterocycles. The summed E-state index contributed by atoms with van der Waals surface area (Å²) in [6.07, 6.45) is 4.98. The first-order valence-corrected chi connectivity index (χ1v) is 6.41. The summed E-state index contributed by atoms with van der Waals surface area (Å²) in [6.45, 7) is 2.38. The van der Waals surface area contributed by atoms with Crippen molar-refractivity contribution >= 4 is 25.4 Å². The fraction of sp³-hybridized carbons (Fsp3) is 0.500. The summed E-state index contributed by atoms with van der Waals surface area (Å²) in [5.41, 5.74) is 0. The van der Waals surface area contributed by atoms with Crippen molar-refractivity contribution in [2.45, 2.75) is 19.3 Å². The van der Waals surface area contributed by atoms with Crippen LogP contribution in [-0.4, -0.2) is 33.9 Å². The molecular weight excluding hydrogens is 229 g/mol. The van der Waals surface area contributed by atoms with Crippen molar-refractivity contribution < 1.29 is 4.79 Å². The van der Waals surface area contributed by atoms with Gasteiger partial charge in [0.2, 0.25) is 0 Å². The quantitative estimate of drug-likeness (QED) is 0.579. The molecule has 70 valence electrons. The summed E-state index contributed by atoms with van der Waals surface area (Å²) < 4.78 is 2.38. The maximum atomic E-state index is 10.5. The van der Waals surface area contributed by atoms with E-state index in [9.17, 15) is 4.79 Å². The first-order chi connectivity index (χ1) is 6.40. The average molecular weight is 242 g/mol. The van der Waals surface area contributed by atoms with E-state index in [1.54, 1.807) is 0 Å². The molecule has 0 amide bonds. The molecule has 0 atom stereocenters. The molecule has 0 radical (unpaired) electrons. The average Bonchev–Trinajstić information content (AvgIpc) is 2.67. The van der Waals surface area contributed by atoms with Gasteiger partial charge in [0.1, 0.15) is 0 Å². The monoisotopic (exact) mass is 243 g/mol. The van der Waals surface area contributed by atoms with Crippen LogP contribution in [0, 0.1) is 0 Å². The van der Waals surface area contributed by atoms with E-state index in [4.69, 9.17) is 0 Å². The van der Waals surface area contributed by atoms with Gasteiger partial charge < -0.3 is 0 Å². The van der Waals surface area contributed by atoms with Crippen LogP contribution in [0.15, 0.2) is 12.1 Å². The number of carbonyl (C=O) groups excluding carboxylic acids is 1. The Morgan fingerprint density at radius 3 is 2.62 bits per heavy atom. The van der Waals surface area contributed by atoms with Crippen LogP contribution in [0.2, 0.25) is 0 Å². The van der Waals surface area contributed by atoms with E-state index >= 15 is 0 Å². The Morgan fingerprint density at radius 2 is 2.00 bits per heavy atom. The number of rotatable bonds is 2. The summed E-state index contributed by atoms with van der Waals surface area (Å²) in [7, 11) is 0. The Bertz CT molecular complexity index is 289. The zero-order chi connectivity index (χ0) is 9.10.